The standard InChI is InChI=1S/C23H28N2O3/c1-27-21-11-12-22(28-2)19(16-21)8-13-23(26)24-20-9-6-18(7-10-20)17-25-14-4-3-5-15-25/h6-13,16H,3-5,14-15,17H2,1-2H3,(H,24,26)/b13-8+. The van der Waals surface area contributed by atoms with Gasteiger partial charge in [0.05, 0.1) is 14.2 Å². The Balaban J connectivity index is 1.58. The van der Waals surface area contributed by atoms with Gasteiger partial charge in [-0.2, -0.15) is 0 Å². The topological polar surface area (TPSA) is 50.8 Å². The highest BCUT2D eigenvalue weighted by molar-refractivity contribution is 6.02. The molecule has 28 heavy (non-hydrogen) atoms. The molecule has 0 spiro atoms. The minimum Gasteiger partial charge on any atom is -0.497 e. The summed E-state index contributed by atoms with van der Waals surface area (Å²) in [7, 11) is 3.21. The average molecular weight is 380 g/mol. The number of ether oxygens (including phenoxy) is 2. The van der Waals surface area contributed by atoms with Crippen molar-refractivity contribution in [2.75, 3.05) is 32.6 Å². The fourth-order valence-corrected chi connectivity index (χ4v) is 3.39. The smallest absolute Gasteiger partial charge is 0.248 e. The molecule has 0 saturated carbocycles. The Bertz CT molecular complexity index is 809. The number of carbonyl (C=O) groups excluding carboxylic acids is 1. The number of carbonyl (C=O) groups is 1. The summed E-state index contributed by atoms with van der Waals surface area (Å²) in [6, 6.07) is 13.5. The molecular formula is C23H28N2O3. The summed E-state index contributed by atoms with van der Waals surface area (Å²) in [5.74, 6) is 1.21. The zero-order chi connectivity index (χ0) is 19.8. The molecule has 148 valence electrons. The van der Waals surface area contributed by atoms with Gasteiger partial charge in [0.1, 0.15) is 11.5 Å². The third kappa shape index (κ3) is 5.60. The Hall–Kier alpha value is -2.79. The number of hydrogen-bond acceptors (Lipinski definition) is 4. The van der Waals surface area contributed by atoms with Gasteiger partial charge in [-0.25, -0.2) is 0 Å². The van der Waals surface area contributed by atoms with Gasteiger partial charge in [0.15, 0.2) is 0 Å². The molecule has 1 fully saturated rings. The second kappa shape index (κ2) is 9.95. The molecule has 5 heteroatoms. The van der Waals surface area contributed by atoms with Crippen LogP contribution in [0.5, 0.6) is 11.5 Å². The summed E-state index contributed by atoms with van der Waals surface area (Å²) in [5.41, 5.74) is 2.85. The Morgan fingerprint density at radius 3 is 2.46 bits per heavy atom. The van der Waals surface area contributed by atoms with Gasteiger partial charge in [0.2, 0.25) is 5.91 Å². The number of hydrogen-bond donors (Lipinski definition) is 1. The predicted molar refractivity (Wildman–Crippen MR) is 113 cm³/mol. The van der Waals surface area contributed by atoms with E-state index in [1.54, 1.807) is 20.3 Å². The fourth-order valence-electron chi connectivity index (χ4n) is 3.39. The number of amides is 1. The van der Waals surface area contributed by atoms with Gasteiger partial charge < -0.3 is 14.8 Å². The molecule has 0 atom stereocenters. The van der Waals surface area contributed by atoms with Gasteiger partial charge in [-0.1, -0.05) is 18.6 Å². The quantitative estimate of drug-likeness (QED) is 0.726. The van der Waals surface area contributed by atoms with Crippen molar-refractivity contribution in [1.82, 2.24) is 4.90 Å². The van der Waals surface area contributed by atoms with E-state index in [2.05, 4.69) is 22.3 Å². The molecule has 1 heterocycles. The van der Waals surface area contributed by atoms with E-state index in [0.717, 1.165) is 17.8 Å². The molecule has 1 saturated heterocycles. The number of piperidine rings is 1. The normalized spacial score (nSPS) is 14.8. The number of rotatable bonds is 7. The van der Waals surface area contributed by atoms with Crippen LogP contribution in [0.25, 0.3) is 6.08 Å². The van der Waals surface area contributed by atoms with Crippen LogP contribution in [0.2, 0.25) is 0 Å². The Kier molecular flexibility index (Phi) is 7.09. The van der Waals surface area contributed by atoms with E-state index in [1.165, 1.54) is 44.0 Å². The number of nitrogens with one attached hydrogen (secondary N) is 1. The van der Waals surface area contributed by atoms with Crippen LogP contribution in [0.4, 0.5) is 5.69 Å². The highest BCUT2D eigenvalue weighted by Gasteiger charge is 2.10. The van der Waals surface area contributed by atoms with Crippen LogP contribution in [0.15, 0.2) is 48.5 Å². The van der Waals surface area contributed by atoms with Crippen molar-refractivity contribution < 1.29 is 14.3 Å². The van der Waals surface area contributed by atoms with Crippen LogP contribution in [0, 0.1) is 0 Å². The zero-order valence-electron chi connectivity index (χ0n) is 16.6. The molecule has 1 N–H and O–H groups in total. The number of anilines is 1. The molecule has 3 rings (SSSR count). The molecule has 0 aliphatic carbocycles. The van der Waals surface area contributed by atoms with Crippen molar-refractivity contribution >= 4 is 17.7 Å². The van der Waals surface area contributed by atoms with Crippen LogP contribution >= 0.6 is 0 Å². The van der Waals surface area contributed by atoms with Gasteiger partial charge >= 0.3 is 0 Å². The summed E-state index contributed by atoms with van der Waals surface area (Å²) < 4.78 is 10.6. The van der Waals surface area contributed by atoms with E-state index < -0.39 is 0 Å². The van der Waals surface area contributed by atoms with Crippen molar-refractivity contribution in [3.05, 3.63) is 59.7 Å². The van der Waals surface area contributed by atoms with Crippen molar-refractivity contribution in [3.8, 4) is 11.5 Å². The maximum absolute atomic E-state index is 12.3. The summed E-state index contributed by atoms with van der Waals surface area (Å²) >= 11 is 0. The first kappa shape index (κ1) is 20.0. The van der Waals surface area contributed by atoms with E-state index in [9.17, 15) is 4.79 Å². The highest BCUT2D eigenvalue weighted by atomic mass is 16.5. The third-order valence-electron chi connectivity index (χ3n) is 4.93. The van der Waals surface area contributed by atoms with Crippen molar-refractivity contribution in [2.45, 2.75) is 25.8 Å². The molecule has 0 bridgehead atoms. The van der Waals surface area contributed by atoms with Crippen molar-refractivity contribution in [3.63, 3.8) is 0 Å². The number of methoxy groups -OCH3 is 2. The average Bonchev–Trinajstić information content (AvgIpc) is 2.74. The third-order valence-corrected chi connectivity index (χ3v) is 4.93. The number of benzene rings is 2. The number of nitrogens with zero attached hydrogens (tertiary/aromatic N) is 1. The molecule has 0 unspecified atom stereocenters. The molecule has 5 nitrogen and oxygen atoms in total. The summed E-state index contributed by atoms with van der Waals surface area (Å²) in [5, 5.41) is 2.90. The lowest BCUT2D eigenvalue weighted by Crippen LogP contribution is -2.29. The summed E-state index contributed by atoms with van der Waals surface area (Å²) in [6.45, 7) is 3.33. The van der Waals surface area contributed by atoms with Crippen molar-refractivity contribution in [2.24, 2.45) is 0 Å². The molecule has 0 aromatic heterocycles. The second-order valence-electron chi connectivity index (χ2n) is 6.96. The monoisotopic (exact) mass is 380 g/mol. The van der Waals surface area contributed by atoms with Crippen molar-refractivity contribution in [1.29, 1.82) is 0 Å². The maximum atomic E-state index is 12.3. The summed E-state index contributed by atoms with van der Waals surface area (Å²) in [6.07, 6.45) is 7.15. The molecule has 2 aromatic carbocycles. The van der Waals surface area contributed by atoms with Gasteiger partial charge in [-0.15, -0.1) is 0 Å². The van der Waals surface area contributed by atoms with Gasteiger partial charge in [-0.05, 0) is 67.9 Å². The lowest BCUT2D eigenvalue weighted by Gasteiger charge is -2.26. The van der Waals surface area contributed by atoms with E-state index >= 15 is 0 Å². The molecule has 0 radical (unpaired) electrons. The summed E-state index contributed by atoms with van der Waals surface area (Å²) in [4.78, 5) is 14.8. The van der Waals surface area contributed by atoms with Crippen LogP contribution in [0.1, 0.15) is 30.4 Å². The van der Waals surface area contributed by atoms with Gasteiger partial charge in [-0.3, -0.25) is 9.69 Å². The molecular weight excluding hydrogens is 352 g/mol. The minimum atomic E-state index is -0.186. The molecule has 1 aliphatic rings. The largest absolute Gasteiger partial charge is 0.497 e. The first-order valence-electron chi connectivity index (χ1n) is 9.70. The van der Waals surface area contributed by atoms with E-state index in [0.29, 0.717) is 11.5 Å². The first-order valence-corrected chi connectivity index (χ1v) is 9.70. The Labute approximate surface area is 167 Å². The van der Waals surface area contributed by atoms with Crippen LogP contribution < -0.4 is 14.8 Å². The van der Waals surface area contributed by atoms with Crippen LogP contribution in [-0.4, -0.2) is 38.1 Å². The fraction of sp³-hybridized carbons (Fsp3) is 0.348. The molecule has 1 aliphatic heterocycles. The lowest BCUT2D eigenvalue weighted by atomic mass is 10.1. The van der Waals surface area contributed by atoms with Gasteiger partial charge in [0, 0.05) is 23.9 Å². The maximum Gasteiger partial charge on any atom is 0.248 e. The first-order chi connectivity index (χ1) is 13.7. The Morgan fingerprint density at radius 1 is 1.04 bits per heavy atom. The Morgan fingerprint density at radius 2 is 1.79 bits per heavy atom. The van der Waals surface area contributed by atoms with Crippen LogP contribution in [-0.2, 0) is 11.3 Å². The molecule has 1 amide bonds. The van der Waals surface area contributed by atoms with Crippen LogP contribution in [0.3, 0.4) is 0 Å². The predicted octanol–water partition coefficient (Wildman–Crippen LogP) is 4.34. The SMILES string of the molecule is COc1ccc(OC)c(/C=C/C(=O)Nc2ccc(CN3CCCCC3)cc2)c1. The second-order valence-corrected chi connectivity index (χ2v) is 6.96. The van der Waals surface area contributed by atoms with E-state index in [1.807, 2.05) is 30.3 Å². The number of likely N-dealkylation sites (tertiary alicyclic amines) is 1. The minimum absolute atomic E-state index is 0.186. The molecule has 2 aromatic rings. The zero-order valence-corrected chi connectivity index (χ0v) is 16.6. The van der Waals surface area contributed by atoms with Gasteiger partial charge in [0.25, 0.3) is 0 Å². The van der Waals surface area contributed by atoms with E-state index in [-0.39, 0.29) is 5.91 Å². The van der Waals surface area contributed by atoms with E-state index in [4.69, 9.17) is 9.47 Å². The lowest BCUT2D eigenvalue weighted by molar-refractivity contribution is -0.111. The highest BCUT2D eigenvalue weighted by Crippen LogP contribution is 2.25.